The van der Waals surface area contributed by atoms with Gasteiger partial charge in [0.25, 0.3) is 0 Å². The van der Waals surface area contributed by atoms with Crippen molar-refractivity contribution in [3.63, 3.8) is 0 Å². The molecule has 0 spiro atoms. The van der Waals surface area contributed by atoms with Gasteiger partial charge in [-0.2, -0.15) is 0 Å². The van der Waals surface area contributed by atoms with E-state index >= 15 is 0 Å². The molecule has 0 fully saturated rings. The molecule has 0 aliphatic rings. The summed E-state index contributed by atoms with van der Waals surface area (Å²) in [5.41, 5.74) is 0. The fraction of sp³-hybridized carbons (Fsp3) is 1.00. The van der Waals surface area contributed by atoms with E-state index in [0.717, 1.165) is 6.61 Å². The van der Waals surface area contributed by atoms with Crippen molar-refractivity contribution in [3.8, 4) is 0 Å². The first kappa shape index (κ1) is 14.9. The molecule has 86 valence electrons. The third kappa shape index (κ3) is 2.73. The van der Waals surface area contributed by atoms with Gasteiger partial charge in [0.1, 0.15) is 0 Å². The molecule has 1 nitrogen and oxygen atoms in total. The van der Waals surface area contributed by atoms with E-state index in [2.05, 4.69) is 71.1 Å². The lowest BCUT2D eigenvalue weighted by molar-refractivity contribution is 0.278. The summed E-state index contributed by atoms with van der Waals surface area (Å²) in [6, 6.07) is 0. The lowest BCUT2D eigenvalue weighted by Crippen LogP contribution is -2.56. The molecule has 0 aliphatic carbocycles. The summed E-state index contributed by atoms with van der Waals surface area (Å²) in [4.78, 5) is 0. The van der Waals surface area contributed by atoms with Crippen LogP contribution in [-0.2, 0) is 4.43 Å². The Kier molecular flexibility index (Phi) is 5.14. The Morgan fingerprint density at radius 2 is 1.36 bits per heavy atom. The average Bonchev–Trinajstić information content (AvgIpc) is 1.94. The minimum Gasteiger partial charge on any atom is -0.415 e. The van der Waals surface area contributed by atoms with Crippen LogP contribution in [0.2, 0.25) is 10.1 Å². The number of alkyl halides is 1. The molecule has 0 saturated carbocycles. The maximum Gasteiger partial charge on any atom is 0.212 e. The Balaban J connectivity index is 5.21. The Labute approximate surface area is 104 Å². The zero-order valence-electron chi connectivity index (χ0n) is 10.7. The first-order valence-corrected chi connectivity index (χ1v) is 8.96. The fourth-order valence-electron chi connectivity index (χ4n) is 2.24. The molecule has 0 N–H and O–H groups in total. The molecule has 0 heterocycles. The monoisotopic (exact) mass is 328 g/mol. The van der Waals surface area contributed by atoms with Crippen LogP contribution in [0.15, 0.2) is 0 Å². The average molecular weight is 328 g/mol. The molecule has 0 amide bonds. The third-order valence-corrected chi connectivity index (χ3v) is 12.2. The largest absolute Gasteiger partial charge is 0.415 e. The highest BCUT2D eigenvalue weighted by atomic mass is 127. The van der Waals surface area contributed by atoms with Crippen molar-refractivity contribution in [1.82, 2.24) is 0 Å². The molecule has 0 aliphatic heterocycles. The quantitative estimate of drug-likeness (QED) is 0.420. The maximum atomic E-state index is 6.24. The highest BCUT2D eigenvalue weighted by Crippen LogP contribution is 2.52. The summed E-state index contributed by atoms with van der Waals surface area (Å²) in [5, 5.41) is 0.616. The summed E-state index contributed by atoms with van der Waals surface area (Å²) in [6.07, 6.45) is 0. The van der Waals surface area contributed by atoms with E-state index in [4.69, 9.17) is 4.43 Å². The summed E-state index contributed by atoms with van der Waals surface area (Å²) >= 11 is 2.51. The van der Waals surface area contributed by atoms with Crippen LogP contribution in [0.1, 0.15) is 48.5 Å². The minimum atomic E-state index is -1.69. The molecule has 0 bridgehead atoms. The Bertz CT molecular complexity index is 165. The summed E-state index contributed by atoms with van der Waals surface area (Å²) in [5.74, 6) is 0. The molecule has 0 unspecified atom stereocenters. The van der Waals surface area contributed by atoms with Crippen molar-refractivity contribution in [3.05, 3.63) is 0 Å². The predicted molar refractivity (Wildman–Crippen MR) is 75.7 cm³/mol. The van der Waals surface area contributed by atoms with Gasteiger partial charge in [-0.05, 0) is 17.0 Å². The van der Waals surface area contributed by atoms with Crippen LogP contribution in [0.5, 0.6) is 0 Å². The van der Waals surface area contributed by atoms with E-state index in [1.807, 2.05) is 0 Å². The fourth-order valence-corrected chi connectivity index (χ4v) is 14.3. The van der Waals surface area contributed by atoms with Gasteiger partial charge in [-0.25, -0.2) is 0 Å². The lowest BCUT2D eigenvalue weighted by atomic mass is 10.2. The van der Waals surface area contributed by atoms with Crippen LogP contribution in [0.25, 0.3) is 0 Å². The Morgan fingerprint density at radius 3 is 1.43 bits per heavy atom. The molecule has 0 atom stereocenters. The molecule has 0 radical (unpaired) electrons. The second kappa shape index (κ2) is 4.83. The van der Waals surface area contributed by atoms with Gasteiger partial charge in [-0.3, -0.25) is 0 Å². The molecular formula is C11H25IOSi. The van der Waals surface area contributed by atoms with E-state index in [1.54, 1.807) is 0 Å². The number of hydrogen-bond acceptors (Lipinski definition) is 1. The SMILES string of the molecule is CCO[Si](CI)(C(C)(C)C)C(C)(C)C. The van der Waals surface area contributed by atoms with Crippen LogP contribution < -0.4 is 0 Å². The zero-order chi connectivity index (χ0) is 11.6. The summed E-state index contributed by atoms with van der Waals surface area (Å²) in [7, 11) is -1.69. The third-order valence-electron chi connectivity index (χ3n) is 3.00. The second-order valence-corrected chi connectivity index (χ2v) is 13.4. The number of rotatable bonds is 3. The highest BCUT2D eigenvalue weighted by Gasteiger charge is 2.54. The smallest absolute Gasteiger partial charge is 0.212 e. The summed E-state index contributed by atoms with van der Waals surface area (Å²) in [6.45, 7) is 17.0. The minimum absolute atomic E-state index is 0.308. The second-order valence-electron chi connectivity index (χ2n) is 5.89. The number of hydrogen-bond donors (Lipinski definition) is 0. The maximum absolute atomic E-state index is 6.24. The van der Waals surface area contributed by atoms with Gasteiger partial charge >= 0.3 is 0 Å². The van der Waals surface area contributed by atoms with E-state index in [1.165, 1.54) is 4.05 Å². The molecule has 0 aromatic heterocycles. The standard InChI is InChI=1S/C11H25IOSi/c1-8-13-14(9-12,10(2,3)4)11(5,6)7/h8-9H2,1-7H3. The Hall–Kier alpha value is 0.907. The first-order chi connectivity index (χ1) is 6.12. The molecule has 0 rings (SSSR count). The zero-order valence-corrected chi connectivity index (χ0v) is 13.9. The van der Waals surface area contributed by atoms with E-state index in [0.29, 0.717) is 10.1 Å². The molecule has 0 aromatic rings. The van der Waals surface area contributed by atoms with Crippen molar-refractivity contribution in [2.24, 2.45) is 0 Å². The van der Waals surface area contributed by atoms with Crippen LogP contribution in [-0.4, -0.2) is 19.0 Å². The van der Waals surface area contributed by atoms with Gasteiger partial charge in [-0.1, -0.05) is 64.1 Å². The van der Waals surface area contributed by atoms with Gasteiger partial charge in [0.2, 0.25) is 8.32 Å². The molecule has 14 heavy (non-hydrogen) atoms. The van der Waals surface area contributed by atoms with E-state index < -0.39 is 8.32 Å². The summed E-state index contributed by atoms with van der Waals surface area (Å²) < 4.78 is 7.41. The van der Waals surface area contributed by atoms with Crippen molar-refractivity contribution in [2.45, 2.75) is 58.5 Å². The normalized spacial score (nSPS) is 14.6. The lowest BCUT2D eigenvalue weighted by Gasteiger charge is -2.49. The number of halogens is 1. The Morgan fingerprint density at radius 1 is 1.00 bits per heavy atom. The van der Waals surface area contributed by atoms with Gasteiger partial charge in [0.15, 0.2) is 0 Å². The van der Waals surface area contributed by atoms with Crippen molar-refractivity contribution < 1.29 is 4.43 Å². The van der Waals surface area contributed by atoms with Crippen LogP contribution >= 0.6 is 22.6 Å². The van der Waals surface area contributed by atoms with Crippen molar-refractivity contribution in [2.75, 3.05) is 10.7 Å². The predicted octanol–water partition coefficient (Wildman–Crippen LogP) is 4.54. The highest BCUT2D eigenvalue weighted by molar-refractivity contribution is 14.1. The van der Waals surface area contributed by atoms with Crippen LogP contribution in [0, 0.1) is 0 Å². The molecular weight excluding hydrogens is 303 g/mol. The van der Waals surface area contributed by atoms with Crippen LogP contribution in [0.3, 0.4) is 0 Å². The van der Waals surface area contributed by atoms with Gasteiger partial charge in [0.05, 0.1) is 0 Å². The van der Waals surface area contributed by atoms with E-state index in [-0.39, 0.29) is 0 Å². The first-order valence-electron chi connectivity index (χ1n) is 5.32. The van der Waals surface area contributed by atoms with Crippen molar-refractivity contribution in [1.29, 1.82) is 0 Å². The van der Waals surface area contributed by atoms with Gasteiger partial charge in [-0.15, -0.1) is 0 Å². The van der Waals surface area contributed by atoms with Gasteiger partial charge in [0, 0.05) is 10.7 Å². The van der Waals surface area contributed by atoms with Crippen LogP contribution in [0.4, 0.5) is 0 Å². The molecule has 0 saturated heterocycles. The molecule has 0 aromatic carbocycles. The van der Waals surface area contributed by atoms with E-state index in [9.17, 15) is 0 Å². The van der Waals surface area contributed by atoms with Gasteiger partial charge < -0.3 is 4.43 Å². The van der Waals surface area contributed by atoms with Crippen molar-refractivity contribution >= 4 is 30.9 Å². The topological polar surface area (TPSA) is 9.23 Å². The molecule has 3 heteroatoms.